The van der Waals surface area contributed by atoms with Gasteiger partial charge in [-0.05, 0) is 52.7 Å². The van der Waals surface area contributed by atoms with Gasteiger partial charge >= 0.3 is 6.03 Å². The Kier molecular flexibility index (Phi) is 5.05. The van der Waals surface area contributed by atoms with Gasteiger partial charge in [-0.1, -0.05) is 19.1 Å². The highest BCUT2D eigenvalue weighted by Gasteiger charge is 2.33. The molecule has 0 spiro atoms. The highest BCUT2D eigenvalue weighted by Crippen LogP contribution is 2.34. The lowest BCUT2D eigenvalue weighted by Gasteiger charge is -2.40. The number of anilines is 1. The maximum Gasteiger partial charge on any atom is 0.321 e. The summed E-state index contributed by atoms with van der Waals surface area (Å²) in [4.78, 5) is 14.1. The molecule has 2 N–H and O–H groups in total. The second-order valence-corrected chi connectivity index (χ2v) is 6.26. The van der Waals surface area contributed by atoms with Crippen molar-refractivity contribution >= 4 is 27.6 Å². The van der Waals surface area contributed by atoms with E-state index in [4.69, 9.17) is 0 Å². The van der Waals surface area contributed by atoms with Crippen molar-refractivity contribution < 1.29 is 9.90 Å². The van der Waals surface area contributed by atoms with E-state index in [1.807, 2.05) is 29.2 Å². The van der Waals surface area contributed by atoms with Crippen molar-refractivity contribution in [3.8, 4) is 0 Å². The van der Waals surface area contributed by atoms with E-state index < -0.39 is 0 Å². The van der Waals surface area contributed by atoms with Gasteiger partial charge in [-0.15, -0.1) is 0 Å². The molecule has 1 aromatic rings. The number of aliphatic hydroxyl groups excluding tert-OH is 1. The normalized spacial score (nSPS) is 17.9. The van der Waals surface area contributed by atoms with Crippen LogP contribution in [0.5, 0.6) is 0 Å². The molecule has 1 saturated heterocycles. The monoisotopic (exact) mass is 340 g/mol. The fourth-order valence-electron chi connectivity index (χ4n) is 2.56. The molecule has 0 aliphatic carbocycles. The first-order valence-corrected chi connectivity index (χ1v) is 7.81. The minimum absolute atomic E-state index is 0.00408. The van der Waals surface area contributed by atoms with Crippen molar-refractivity contribution in [1.82, 2.24) is 4.90 Å². The number of likely N-dealkylation sites (tertiary alicyclic amines) is 1. The van der Waals surface area contributed by atoms with Gasteiger partial charge in [0.15, 0.2) is 0 Å². The minimum atomic E-state index is -0.0699. The van der Waals surface area contributed by atoms with Gasteiger partial charge in [0.1, 0.15) is 0 Å². The Balaban J connectivity index is 1.94. The molecule has 0 unspecified atom stereocenters. The van der Waals surface area contributed by atoms with E-state index in [0.29, 0.717) is 13.1 Å². The van der Waals surface area contributed by atoms with Crippen LogP contribution in [0.3, 0.4) is 0 Å². The molecule has 1 aliphatic heterocycles. The highest BCUT2D eigenvalue weighted by atomic mass is 79.9. The van der Waals surface area contributed by atoms with Gasteiger partial charge in [0.25, 0.3) is 0 Å². The topological polar surface area (TPSA) is 52.6 Å². The molecule has 2 amide bonds. The number of rotatable bonds is 3. The fraction of sp³-hybridized carbons (Fsp3) is 0.533. The minimum Gasteiger partial charge on any atom is -0.396 e. The first-order valence-electron chi connectivity index (χ1n) is 7.01. The largest absolute Gasteiger partial charge is 0.396 e. The average molecular weight is 341 g/mol. The maximum absolute atomic E-state index is 12.2. The van der Waals surface area contributed by atoms with Crippen molar-refractivity contribution in [2.24, 2.45) is 5.41 Å². The summed E-state index contributed by atoms with van der Waals surface area (Å²) in [5.74, 6) is 0. The smallest absolute Gasteiger partial charge is 0.321 e. The number of carbonyl (C=O) groups excluding carboxylic acids is 1. The van der Waals surface area contributed by atoms with Crippen molar-refractivity contribution in [2.45, 2.75) is 26.2 Å². The van der Waals surface area contributed by atoms with Crippen molar-refractivity contribution in [3.63, 3.8) is 0 Å². The standard InChI is InChI=1S/C15H21BrN2O2/c1-2-15(11-19)7-9-18(10-8-15)14(20)17-13-6-4-3-5-12(13)16/h3-6,19H,2,7-11H2,1H3,(H,17,20). The molecule has 0 atom stereocenters. The Morgan fingerprint density at radius 2 is 2.05 bits per heavy atom. The number of amides is 2. The zero-order chi connectivity index (χ0) is 14.6. The van der Waals surface area contributed by atoms with Gasteiger partial charge in [-0.25, -0.2) is 4.79 Å². The Bertz CT molecular complexity index is 465. The van der Waals surface area contributed by atoms with Gasteiger partial charge in [-0.3, -0.25) is 0 Å². The van der Waals surface area contributed by atoms with Gasteiger partial charge < -0.3 is 15.3 Å². The zero-order valence-corrected chi connectivity index (χ0v) is 13.3. The number of nitrogens with zero attached hydrogens (tertiary/aromatic N) is 1. The van der Waals surface area contributed by atoms with E-state index in [-0.39, 0.29) is 18.1 Å². The lowest BCUT2D eigenvalue weighted by atomic mass is 9.77. The van der Waals surface area contributed by atoms with Gasteiger partial charge in [0.2, 0.25) is 0 Å². The van der Waals surface area contributed by atoms with Crippen LogP contribution in [0.4, 0.5) is 10.5 Å². The predicted octanol–water partition coefficient (Wildman–Crippen LogP) is 3.47. The number of aliphatic hydroxyl groups is 1. The highest BCUT2D eigenvalue weighted by molar-refractivity contribution is 9.10. The van der Waals surface area contributed by atoms with Crippen LogP contribution < -0.4 is 5.32 Å². The molecule has 0 bridgehead atoms. The number of nitrogens with one attached hydrogen (secondary N) is 1. The molecule has 0 aromatic heterocycles. The van der Waals surface area contributed by atoms with E-state index in [1.54, 1.807) is 0 Å². The summed E-state index contributed by atoms with van der Waals surface area (Å²) in [5, 5.41) is 12.4. The van der Waals surface area contributed by atoms with Gasteiger partial charge in [0, 0.05) is 24.2 Å². The summed E-state index contributed by atoms with van der Waals surface area (Å²) in [6.07, 6.45) is 2.69. The number of urea groups is 1. The number of carbonyl (C=O) groups is 1. The maximum atomic E-state index is 12.2. The molecular weight excluding hydrogens is 320 g/mol. The van der Waals surface area contributed by atoms with Gasteiger partial charge in [0.05, 0.1) is 5.69 Å². The Hall–Kier alpha value is -1.07. The summed E-state index contributed by atoms with van der Waals surface area (Å²) in [5.41, 5.74) is 0.788. The lowest BCUT2D eigenvalue weighted by molar-refractivity contribution is 0.0542. The van der Waals surface area contributed by atoms with E-state index in [0.717, 1.165) is 29.4 Å². The van der Waals surface area contributed by atoms with Crippen LogP contribution in [0.1, 0.15) is 26.2 Å². The molecule has 0 saturated carbocycles. The van der Waals surface area contributed by atoms with Gasteiger partial charge in [-0.2, -0.15) is 0 Å². The number of hydrogen-bond acceptors (Lipinski definition) is 2. The third-order valence-corrected chi connectivity index (χ3v) is 5.00. The zero-order valence-electron chi connectivity index (χ0n) is 11.7. The number of para-hydroxylation sites is 1. The van der Waals surface area contributed by atoms with E-state index in [9.17, 15) is 9.90 Å². The summed E-state index contributed by atoms with van der Waals surface area (Å²) in [6.45, 7) is 3.71. The molecule has 1 fully saturated rings. The first-order chi connectivity index (χ1) is 9.60. The average Bonchev–Trinajstić information content (AvgIpc) is 2.49. The van der Waals surface area contributed by atoms with Crippen molar-refractivity contribution in [1.29, 1.82) is 0 Å². The van der Waals surface area contributed by atoms with E-state index in [2.05, 4.69) is 28.2 Å². The van der Waals surface area contributed by atoms with Crippen LogP contribution in [-0.2, 0) is 0 Å². The van der Waals surface area contributed by atoms with Crippen LogP contribution in [0.2, 0.25) is 0 Å². The lowest BCUT2D eigenvalue weighted by Crippen LogP contribution is -2.46. The molecule has 1 heterocycles. The van der Waals surface area contributed by atoms with E-state index in [1.165, 1.54) is 0 Å². The number of piperidine rings is 1. The van der Waals surface area contributed by atoms with Crippen LogP contribution in [0.15, 0.2) is 28.7 Å². The predicted molar refractivity (Wildman–Crippen MR) is 83.8 cm³/mol. The first kappa shape index (κ1) is 15.3. The summed E-state index contributed by atoms with van der Waals surface area (Å²) in [7, 11) is 0. The molecule has 2 rings (SSSR count). The van der Waals surface area contributed by atoms with Crippen molar-refractivity contribution in [2.75, 3.05) is 25.0 Å². The van der Waals surface area contributed by atoms with Crippen LogP contribution in [-0.4, -0.2) is 35.7 Å². The van der Waals surface area contributed by atoms with Crippen LogP contribution >= 0.6 is 15.9 Å². The second kappa shape index (κ2) is 6.59. The molecule has 4 nitrogen and oxygen atoms in total. The van der Waals surface area contributed by atoms with Crippen LogP contribution in [0.25, 0.3) is 0 Å². The third kappa shape index (κ3) is 3.33. The Morgan fingerprint density at radius 3 is 2.60 bits per heavy atom. The Labute approximate surface area is 128 Å². The molecule has 1 aromatic carbocycles. The second-order valence-electron chi connectivity index (χ2n) is 5.41. The molecule has 0 radical (unpaired) electrons. The molecule has 20 heavy (non-hydrogen) atoms. The van der Waals surface area contributed by atoms with E-state index >= 15 is 0 Å². The summed E-state index contributed by atoms with van der Waals surface area (Å²) in [6, 6.07) is 7.51. The quantitative estimate of drug-likeness (QED) is 0.885. The molecule has 5 heteroatoms. The SMILES string of the molecule is CCC1(CO)CCN(C(=O)Nc2ccccc2Br)CC1. The molecule has 1 aliphatic rings. The number of hydrogen-bond donors (Lipinski definition) is 2. The summed E-state index contributed by atoms with van der Waals surface area (Å²) >= 11 is 3.42. The van der Waals surface area contributed by atoms with Crippen LogP contribution in [0, 0.1) is 5.41 Å². The molecule has 110 valence electrons. The molecular formula is C15H21BrN2O2. The number of halogens is 1. The fourth-order valence-corrected chi connectivity index (χ4v) is 2.95. The summed E-state index contributed by atoms with van der Waals surface area (Å²) < 4.78 is 0.878. The number of benzene rings is 1. The third-order valence-electron chi connectivity index (χ3n) is 4.31. The Morgan fingerprint density at radius 1 is 1.40 bits per heavy atom. The van der Waals surface area contributed by atoms with Crippen molar-refractivity contribution in [3.05, 3.63) is 28.7 Å².